The predicted octanol–water partition coefficient (Wildman–Crippen LogP) is 1.69. The first-order valence-corrected chi connectivity index (χ1v) is 5.01. The van der Waals surface area contributed by atoms with Crippen molar-refractivity contribution in [1.29, 1.82) is 0 Å². The Kier molecular flexibility index (Phi) is 4.12. The lowest BCUT2D eigenvalue weighted by atomic mass is 10.1. The van der Waals surface area contributed by atoms with Crippen LogP contribution in [-0.2, 0) is 16.0 Å². The Morgan fingerprint density at radius 3 is 2.80 bits per heavy atom. The minimum atomic E-state index is -0.657. The lowest BCUT2D eigenvalue weighted by Gasteiger charge is -2.10. The highest BCUT2D eigenvalue weighted by molar-refractivity contribution is 6.31. The largest absolute Gasteiger partial charge is 0.468 e. The van der Waals surface area contributed by atoms with Crippen molar-refractivity contribution in [2.45, 2.75) is 19.4 Å². The van der Waals surface area contributed by atoms with E-state index in [1.807, 2.05) is 25.1 Å². The average Bonchev–Trinajstić information content (AvgIpc) is 2.20. The smallest absolute Gasteiger partial charge is 0.322 e. The van der Waals surface area contributed by atoms with Gasteiger partial charge in [-0.05, 0) is 30.5 Å². The number of hydrogen-bond acceptors (Lipinski definition) is 3. The van der Waals surface area contributed by atoms with Crippen molar-refractivity contribution in [3.63, 3.8) is 0 Å². The number of hydrogen-bond donors (Lipinski definition) is 1. The average molecular weight is 228 g/mol. The van der Waals surface area contributed by atoms with Gasteiger partial charge in [-0.3, -0.25) is 4.79 Å². The van der Waals surface area contributed by atoms with Crippen LogP contribution in [0.25, 0.3) is 0 Å². The lowest BCUT2D eigenvalue weighted by Crippen LogP contribution is -2.33. The quantitative estimate of drug-likeness (QED) is 0.800. The minimum absolute atomic E-state index is 0.395. The second-order valence-electron chi connectivity index (χ2n) is 3.43. The van der Waals surface area contributed by atoms with Gasteiger partial charge in [0.1, 0.15) is 6.04 Å². The van der Waals surface area contributed by atoms with E-state index in [1.54, 1.807) is 0 Å². The van der Waals surface area contributed by atoms with Gasteiger partial charge in [0, 0.05) is 5.02 Å². The third kappa shape index (κ3) is 3.22. The predicted molar refractivity (Wildman–Crippen MR) is 59.9 cm³/mol. The van der Waals surface area contributed by atoms with Gasteiger partial charge in [0.25, 0.3) is 0 Å². The van der Waals surface area contributed by atoms with Crippen LogP contribution in [0.4, 0.5) is 0 Å². The standard InChI is InChI=1S/C11H14ClNO2/c1-7-3-4-8(9(12)5-7)6-10(13)11(14)15-2/h3-5,10H,6,13H2,1-2H3/t10-/m1/s1. The molecule has 0 aliphatic carbocycles. The molecular weight excluding hydrogens is 214 g/mol. The molecule has 15 heavy (non-hydrogen) atoms. The highest BCUT2D eigenvalue weighted by atomic mass is 35.5. The maximum Gasteiger partial charge on any atom is 0.322 e. The van der Waals surface area contributed by atoms with Crippen LogP contribution in [0.2, 0.25) is 5.02 Å². The number of halogens is 1. The van der Waals surface area contributed by atoms with Crippen molar-refractivity contribution in [2.75, 3.05) is 7.11 Å². The van der Waals surface area contributed by atoms with Gasteiger partial charge in [-0.25, -0.2) is 0 Å². The Morgan fingerprint density at radius 1 is 1.60 bits per heavy atom. The van der Waals surface area contributed by atoms with E-state index in [9.17, 15) is 4.79 Å². The molecule has 0 radical (unpaired) electrons. The molecule has 1 atom stereocenters. The van der Waals surface area contributed by atoms with Gasteiger partial charge in [-0.15, -0.1) is 0 Å². The molecule has 0 spiro atoms. The summed E-state index contributed by atoms with van der Waals surface area (Å²) in [6.07, 6.45) is 0.395. The highest BCUT2D eigenvalue weighted by Gasteiger charge is 2.15. The van der Waals surface area contributed by atoms with Crippen LogP contribution in [0.1, 0.15) is 11.1 Å². The van der Waals surface area contributed by atoms with Crippen molar-refractivity contribution in [1.82, 2.24) is 0 Å². The van der Waals surface area contributed by atoms with Gasteiger partial charge in [0.2, 0.25) is 0 Å². The summed E-state index contributed by atoms with van der Waals surface area (Å²) < 4.78 is 4.54. The van der Waals surface area contributed by atoms with E-state index in [2.05, 4.69) is 4.74 Å². The zero-order valence-electron chi connectivity index (χ0n) is 8.79. The summed E-state index contributed by atoms with van der Waals surface area (Å²) >= 11 is 6.01. The van der Waals surface area contributed by atoms with Crippen LogP contribution in [0.3, 0.4) is 0 Å². The zero-order chi connectivity index (χ0) is 11.4. The molecule has 0 saturated heterocycles. The second-order valence-corrected chi connectivity index (χ2v) is 3.84. The van der Waals surface area contributed by atoms with Crippen molar-refractivity contribution >= 4 is 17.6 Å². The van der Waals surface area contributed by atoms with E-state index in [0.717, 1.165) is 11.1 Å². The first-order valence-electron chi connectivity index (χ1n) is 4.63. The summed E-state index contributed by atoms with van der Waals surface area (Å²) in [6.45, 7) is 1.95. The Labute approximate surface area is 94.2 Å². The molecule has 2 N–H and O–H groups in total. The van der Waals surface area contributed by atoms with Gasteiger partial charge in [-0.2, -0.15) is 0 Å². The van der Waals surface area contributed by atoms with E-state index >= 15 is 0 Å². The van der Waals surface area contributed by atoms with Gasteiger partial charge in [0.15, 0.2) is 0 Å². The molecule has 82 valence electrons. The molecule has 0 heterocycles. The number of esters is 1. The van der Waals surface area contributed by atoms with Crippen molar-refractivity contribution in [2.24, 2.45) is 5.73 Å². The maximum absolute atomic E-state index is 11.1. The summed E-state index contributed by atoms with van der Waals surface area (Å²) in [5.41, 5.74) is 7.57. The number of aryl methyl sites for hydroxylation is 1. The molecule has 0 fully saturated rings. The summed E-state index contributed by atoms with van der Waals surface area (Å²) in [5, 5.41) is 0.634. The normalized spacial score (nSPS) is 12.3. The molecule has 0 saturated carbocycles. The van der Waals surface area contributed by atoms with Crippen LogP contribution >= 0.6 is 11.6 Å². The van der Waals surface area contributed by atoms with E-state index in [0.29, 0.717) is 11.4 Å². The maximum atomic E-state index is 11.1. The summed E-state index contributed by atoms with van der Waals surface area (Å²) in [6, 6.07) is 5.00. The van der Waals surface area contributed by atoms with E-state index in [4.69, 9.17) is 17.3 Å². The molecule has 0 aromatic heterocycles. The third-order valence-corrected chi connectivity index (χ3v) is 2.50. The highest BCUT2D eigenvalue weighted by Crippen LogP contribution is 2.18. The van der Waals surface area contributed by atoms with E-state index < -0.39 is 12.0 Å². The van der Waals surface area contributed by atoms with Crippen molar-refractivity contribution in [3.05, 3.63) is 34.3 Å². The molecule has 1 rings (SSSR count). The molecule has 0 bridgehead atoms. The summed E-state index contributed by atoms with van der Waals surface area (Å²) in [5.74, 6) is -0.424. The molecule has 0 aliphatic rings. The summed E-state index contributed by atoms with van der Waals surface area (Å²) in [4.78, 5) is 11.1. The molecule has 0 aliphatic heterocycles. The molecule has 1 aromatic rings. The number of carbonyl (C=O) groups is 1. The van der Waals surface area contributed by atoms with Gasteiger partial charge < -0.3 is 10.5 Å². The fraction of sp³-hybridized carbons (Fsp3) is 0.364. The third-order valence-electron chi connectivity index (χ3n) is 2.15. The fourth-order valence-electron chi connectivity index (χ4n) is 1.29. The van der Waals surface area contributed by atoms with Gasteiger partial charge in [0.05, 0.1) is 7.11 Å². The number of carbonyl (C=O) groups excluding carboxylic acids is 1. The molecule has 3 nitrogen and oxygen atoms in total. The minimum Gasteiger partial charge on any atom is -0.468 e. The van der Waals surface area contributed by atoms with E-state index in [1.165, 1.54) is 7.11 Å². The topological polar surface area (TPSA) is 52.3 Å². The van der Waals surface area contributed by atoms with Gasteiger partial charge in [-0.1, -0.05) is 23.7 Å². The Bertz CT molecular complexity index is 366. The number of methoxy groups -OCH3 is 1. The zero-order valence-corrected chi connectivity index (χ0v) is 9.54. The molecule has 4 heteroatoms. The molecular formula is C11H14ClNO2. The summed E-state index contributed by atoms with van der Waals surface area (Å²) in [7, 11) is 1.32. The second kappa shape index (κ2) is 5.14. The number of ether oxygens (including phenoxy) is 1. The molecule has 1 aromatic carbocycles. The fourth-order valence-corrected chi connectivity index (χ4v) is 1.60. The number of nitrogens with two attached hydrogens (primary N) is 1. The number of benzene rings is 1. The van der Waals surface area contributed by atoms with Crippen LogP contribution < -0.4 is 5.73 Å². The Hall–Kier alpha value is -1.06. The van der Waals surface area contributed by atoms with Crippen molar-refractivity contribution in [3.8, 4) is 0 Å². The first kappa shape index (κ1) is 12.0. The van der Waals surface area contributed by atoms with Crippen LogP contribution in [0.15, 0.2) is 18.2 Å². The molecule has 0 unspecified atom stereocenters. The monoisotopic (exact) mass is 227 g/mol. The van der Waals surface area contributed by atoms with Crippen LogP contribution in [0.5, 0.6) is 0 Å². The lowest BCUT2D eigenvalue weighted by molar-refractivity contribution is -0.142. The first-order chi connectivity index (χ1) is 7.04. The molecule has 0 amide bonds. The number of rotatable bonds is 3. The Balaban J connectivity index is 2.76. The Morgan fingerprint density at radius 2 is 2.27 bits per heavy atom. The van der Waals surface area contributed by atoms with Gasteiger partial charge >= 0.3 is 5.97 Å². The van der Waals surface area contributed by atoms with Crippen LogP contribution in [0, 0.1) is 6.92 Å². The van der Waals surface area contributed by atoms with E-state index in [-0.39, 0.29) is 0 Å². The SMILES string of the molecule is COC(=O)[C@H](N)Cc1ccc(C)cc1Cl. The van der Waals surface area contributed by atoms with Crippen LogP contribution in [-0.4, -0.2) is 19.1 Å². The van der Waals surface area contributed by atoms with Crippen molar-refractivity contribution < 1.29 is 9.53 Å².